The summed E-state index contributed by atoms with van der Waals surface area (Å²) >= 11 is 6.23. The highest BCUT2D eigenvalue weighted by atomic mass is 35.5. The zero-order valence-electron chi connectivity index (χ0n) is 27.1. The van der Waals surface area contributed by atoms with E-state index in [1.165, 1.54) is 15.5 Å². The number of halogens is 2. The van der Waals surface area contributed by atoms with Gasteiger partial charge in [0.15, 0.2) is 24.9 Å². The van der Waals surface area contributed by atoms with Gasteiger partial charge in [-0.1, -0.05) is 46.2 Å². The van der Waals surface area contributed by atoms with E-state index in [2.05, 4.69) is 48.8 Å². The van der Waals surface area contributed by atoms with Gasteiger partial charge in [-0.2, -0.15) is 4.98 Å². The molecule has 1 fully saturated rings. The van der Waals surface area contributed by atoms with E-state index in [4.69, 9.17) is 16.0 Å². The normalized spacial score (nSPS) is 18.0. The zero-order valence-corrected chi connectivity index (χ0v) is 28.9. The van der Waals surface area contributed by atoms with Crippen LogP contribution in [0.1, 0.15) is 72.1 Å². The molecular formula is C31H44ClFN6O4Si. The minimum absolute atomic E-state index is 0.0454. The predicted octanol–water partition coefficient (Wildman–Crippen LogP) is 6.62. The molecule has 0 radical (unpaired) electrons. The van der Waals surface area contributed by atoms with Crippen molar-refractivity contribution in [1.29, 1.82) is 0 Å². The lowest BCUT2D eigenvalue weighted by atomic mass is 10.0. The maximum Gasteiger partial charge on any atom is 0.407 e. The fourth-order valence-corrected chi connectivity index (χ4v) is 6.62. The molecule has 1 N–H and O–H groups in total. The van der Waals surface area contributed by atoms with Crippen LogP contribution in [-0.2, 0) is 10.8 Å². The molecule has 0 aromatic carbocycles. The van der Waals surface area contributed by atoms with Gasteiger partial charge < -0.3 is 19.3 Å². The first-order chi connectivity index (χ1) is 20.4. The van der Waals surface area contributed by atoms with Crippen molar-refractivity contribution in [3.05, 3.63) is 51.0 Å². The molecule has 13 heteroatoms. The number of anilines is 1. The molecule has 3 aromatic heterocycles. The van der Waals surface area contributed by atoms with Crippen molar-refractivity contribution >= 4 is 42.9 Å². The minimum Gasteiger partial charge on any atom is -0.465 e. The Balaban J connectivity index is 1.85. The lowest BCUT2D eigenvalue weighted by Gasteiger charge is -2.43. The number of aromatic nitrogens is 4. The van der Waals surface area contributed by atoms with Gasteiger partial charge in [0.25, 0.3) is 0 Å². The molecule has 3 aromatic rings. The molecule has 0 aliphatic carbocycles. The standard InChI is InChI=1S/C31H44ClFN6O4Si/c1-18(2)24-25(21(12-13-34-24)11-10-14-43-44(8,9)31(5,6)7)39-28-22(15-23(33)26(32)35-28)27(36-29(39)40)37-16-20(4)38(30(41)42)17-19(37)3/h12-13,15,18-20H,10-11,14,16-17H2,1-9H3,(H,41,42)/t19-,20+/m0/s1. The Morgan fingerprint density at radius 3 is 2.50 bits per heavy atom. The second-order valence-electron chi connectivity index (χ2n) is 13.5. The summed E-state index contributed by atoms with van der Waals surface area (Å²) in [7, 11) is -1.93. The summed E-state index contributed by atoms with van der Waals surface area (Å²) in [6, 6.07) is 2.44. The molecule has 1 aliphatic heterocycles. The summed E-state index contributed by atoms with van der Waals surface area (Å²) < 4.78 is 22.8. The second-order valence-corrected chi connectivity index (χ2v) is 18.7. The highest BCUT2D eigenvalue weighted by molar-refractivity contribution is 6.74. The summed E-state index contributed by atoms with van der Waals surface area (Å²) in [6.45, 7) is 19.7. The highest BCUT2D eigenvalue weighted by Gasteiger charge is 2.37. The Morgan fingerprint density at radius 2 is 1.89 bits per heavy atom. The molecule has 4 heterocycles. The smallest absolute Gasteiger partial charge is 0.407 e. The molecule has 1 amide bonds. The number of pyridine rings is 2. The van der Waals surface area contributed by atoms with Gasteiger partial charge in [-0.25, -0.2) is 23.5 Å². The van der Waals surface area contributed by atoms with Gasteiger partial charge >= 0.3 is 11.8 Å². The third kappa shape index (κ3) is 6.62. The number of carbonyl (C=O) groups is 1. The summed E-state index contributed by atoms with van der Waals surface area (Å²) in [6.07, 6.45) is 2.06. The molecule has 0 bridgehead atoms. The molecule has 0 spiro atoms. The van der Waals surface area contributed by atoms with Gasteiger partial charge in [-0.15, -0.1) is 0 Å². The molecule has 2 atom stereocenters. The van der Waals surface area contributed by atoms with Crippen LogP contribution in [0.2, 0.25) is 23.3 Å². The van der Waals surface area contributed by atoms with Crippen molar-refractivity contribution in [2.24, 2.45) is 0 Å². The number of piperazine rings is 1. The first-order valence-electron chi connectivity index (χ1n) is 15.1. The average molecular weight is 647 g/mol. The second kappa shape index (κ2) is 12.7. The van der Waals surface area contributed by atoms with Crippen LogP contribution in [0.25, 0.3) is 16.7 Å². The molecule has 4 rings (SSSR count). The monoisotopic (exact) mass is 646 g/mol. The fraction of sp³-hybridized carbons (Fsp3) is 0.581. The maximum atomic E-state index is 15.0. The highest BCUT2D eigenvalue weighted by Crippen LogP contribution is 2.37. The van der Waals surface area contributed by atoms with E-state index >= 15 is 4.39 Å². The Bertz CT molecular complexity index is 1610. The van der Waals surface area contributed by atoms with Gasteiger partial charge in [0, 0.05) is 38.0 Å². The number of rotatable bonds is 8. The number of aryl methyl sites for hydroxylation is 1. The van der Waals surface area contributed by atoms with Crippen LogP contribution in [0, 0.1) is 5.82 Å². The largest absolute Gasteiger partial charge is 0.465 e. The molecule has 0 unspecified atom stereocenters. The maximum absolute atomic E-state index is 15.0. The summed E-state index contributed by atoms with van der Waals surface area (Å²) in [5.41, 5.74) is 1.69. The number of carboxylic acid groups (broad SMARTS) is 1. The van der Waals surface area contributed by atoms with Crippen LogP contribution in [0.15, 0.2) is 23.1 Å². The molecule has 10 nitrogen and oxygen atoms in total. The molecule has 240 valence electrons. The SMILES string of the molecule is CC(C)c1nccc(CCCO[Si](C)(C)C(C)(C)C)c1-n1c(=O)nc(N2C[C@@H](C)N(C(=O)O)C[C@@H]2C)c2cc(F)c(Cl)nc21. The van der Waals surface area contributed by atoms with Crippen LogP contribution in [0.3, 0.4) is 0 Å². The van der Waals surface area contributed by atoms with E-state index in [1.807, 2.05) is 31.7 Å². The van der Waals surface area contributed by atoms with Crippen LogP contribution < -0.4 is 10.6 Å². The quantitative estimate of drug-likeness (QED) is 0.165. The van der Waals surface area contributed by atoms with Crippen molar-refractivity contribution in [2.45, 2.75) is 97.4 Å². The fourth-order valence-electron chi connectivity index (χ4n) is 5.39. The van der Waals surface area contributed by atoms with Gasteiger partial charge in [0.2, 0.25) is 0 Å². The van der Waals surface area contributed by atoms with Crippen LogP contribution in [-0.4, -0.2) is 75.7 Å². The van der Waals surface area contributed by atoms with Crippen molar-refractivity contribution in [3.8, 4) is 5.69 Å². The lowest BCUT2D eigenvalue weighted by molar-refractivity contribution is 0.114. The molecular weight excluding hydrogens is 603 g/mol. The number of nitrogens with zero attached hydrogens (tertiary/aromatic N) is 6. The van der Waals surface area contributed by atoms with Crippen molar-refractivity contribution in [1.82, 2.24) is 24.4 Å². The van der Waals surface area contributed by atoms with Gasteiger partial charge in [0.05, 0.1) is 16.8 Å². The van der Waals surface area contributed by atoms with Crippen LogP contribution in [0.5, 0.6) is 0 Å². The van der Waals surface area contributed by atoms with Crippen LogP contribution >= 0.6 is 11.6 Å². The first-order valence-corrected chi connectivity index (χ1v) is 18.4. The van der Waals surface area contributed by atoms with E-state index in [1.54, 1.807) is 13.1 Å². The number of fused-ring (bicyclic) bond motifs is 1. The van der Waals surface area contributed by atoms with Crippen molar-refractivity contribution in [3.63, 3.8) is 0 Å². The topological polar surface area (TPSA) is 114 Å². The Kier molecular flexibility index (Phi) is 9.77. The molecule has 1 saturated heterocycles. The van der Waals surface area contributed by atoms with Crippen molar-refractivity contribution in [2.75, 3.05) is 24.6 Å². The van der Waals surface area contributed by atoms with Gasteiger partial charge in [-0.3, -0.25) is 4.98 Å². The summed E-state index contributed by atoms with van der Waals surface area (Å²) in [5.74, 6) is -0.542. The van der Waals surface area contributed by atoms with E-state index in [-0.39, 0.29) is 52.7 Å². The summed E-state index contributed by atoms with van der Waals surface area (Å²) in [5, 5.41) is 9.67. The third-order valence-corrected chi connectivity index (χ3v) is 13.7. The predicted molar refractivity (Wildman–Crippen MR) is 174 cm³/mol. The van der Waals surface area contributed by atoms with E-state index in [0.717, 1.165) is 12.0 Å². The van der Waals surface area contributed by atoms with E-state index in [9.17, 15) is 14.7 Å². The Labute approximate surface area is 264 Å². The molecule has 1 aliphatic rings. The molecule has 44 heavy (non-hydrogen) atoms. The Hall–Kier alpha value is -3.09. The van der Waals surface area contributed by atoms with Crippen molar-refractivity contribution < 1.29 is 18.7 Å². The number of hydrogen-bond donors (Lipinski definition) is 1. The Morgan fingerprint density at radius 1 is 1.20 bits per heavy atom. The van der Waals surface area contributed by atoms with Gasteiger partial charge in [-0.05, 0) is 68.4 Å². The zero-order chi connectivity index (χ0) is 32.7. The molecule has 0 saturated carbocycles. The van der Waals surface area contributed by atoms with Crippen LogP contribution in [0.4, 0.5) is 15.0 Å². The van der Waals surface area contributed by atoms with E-state index in [0.29, 0.717) is 29.8 Å². The van der Waals surface area contributed by atoms with Gasteiger partial charge in [0.1, 0.15) is 5.82 Å². The number of hydrogen-bond acceptors (Lipinski definition) is 7. The lowest BCUT2D eigenvalue weighted by Crippen LogP contribution is -2.58. The summed E-state index contributed by atoms with van der Waals surface area (Å²) in [4.78, 5) is 42.5. The minimum atomic E-state index is -1.93. The third-order valence-electron chi connectivity index (χ3n) is 8.93. The average Bonchev–Trinajstić information content (AvgIpc) is 2.92. The van der Waals surface area contributed by atoms with E-state index < -0.39 is 25.9 Å². The first kappa shape index (κ1) is 33.8. The number of amides is 1.